The van der Waals surface area contributed by atoms with Crippen LogP contribution in [0.25, 0.3) is 11.6 Å². The van der Waals surface area contributed by atoms with E-state index in [4.69, 9.17) is 0 Å². The van der Waals surface area contributed by atoms with Gasteiger partial charge in [0, 0.05) is 31.8 Å². The van der Waals surface area contributed by atoms with Gasteiger partial charge in [-0.05, 0) is 12.5 Å². The van der Waals surface area contributed by atoms with Crippen LogP contribution in [-0.4, -0.2) is 19.5 Å². The maximum Gasteiger partial charge on any atom is 0.195 e. The molecule has 0 N–H and O–H groups in total. The highest BCUT2D eigenvalue weighted by atomic mass is 15.1. The van der Waals surface area contributed by atoms with Gasteiger partial charge in [0.2, 0.25) is 0 Å². The zero-order valence-electron chi connectivity index (χ0n) is 7.60. The third-order valence-corrected chi connectivity index (χ3v) is 1.80. The van der Waals surface area contributed by atoms with Gasteiger partial charge in [0.15, 0.2) is 11.6 Å². The van der Waals surface area contributed by atoms with E-state index >= 15 is 0 Å². The average molecular weight is 174 g/mol. The van der Waals surface area contributed by atoms with Gasteiger partial charge in [-0.3, -0.25) is 0 Å². The van der Waals surface area contributed by atoms with Crippen molar-refractivity contribution in [2.45, 2.75) is 6.92 Å². The summed E-state index contributed by atoms with van der Waals surface area (Å²) in [5.74, 6) is 1.46. The van der Waals surface area contributed by atoms with Gasteiger partial charge in [-0.15, -0.1) is 0 Å². The fourth-order valence-electron chi connectivity index (χ4n) is 1.09. The maximum absolute atomic E-state index is 4.19. The van der Waals surface area contributed by atoms with Crippen LogP contribution >= 0.6 is 0 Å². The summed E-state index contributed by atoms with van der Waals surface area (Å²) in [6.07, 6.45) is 7.19. The molecule has 66 valence electrons. The molecule has 0 spiro atoms. The molecule has 4 nitrogen and oxygen atoms in total. The molecule has 2 aromatic heterocycles. The van der Waals surface area contributed by atoms with Crippen LogP contribution in [0.3, 0.4) is 0 Å². The van der Waals surface area contributed by atoms with Crippen molar-refractivity contribution >= 4 is 0 Å². The Balaban J connectivity index is 2.47. The lowest BCUT2D eigenvalue weighted by atomic mass is 10.4. The lowest BCUT2D eigenvalue weighted by Crippen LogP contribution is -1.96. The first-order valence-corrected chi connectivity index (χ1v) is 4.04. The molecule has 0 amide bonds. The van der Waals surface area contributed by atoms with E-state index in [-0.39, 0.29) is 0 Å². The number of aryl methyl sites for hydroxylation is 2. The van der Waals surface area contributed by atoms with Crippen LogP contribution in [0.4, 0.5) is 0 Å². The van der Waals surface area contributed by atoms with Crippen molar-refractivity contribution in [3.8, 4) is 11.6 Å². The second kappa shape index (κ2) is 2.97. The van der Waals surface area contributed by atoms with Gasteiger partial charge in [-0.25, -0.2) is 15.0 Å². The van der Waals surface area contributed by atoms with Gasteiger partial charge in [0.05, 0.1) is 0 Å². The Hall–Kier alpha value is -1.71. The zero-order valence-corrected chi connectivity index (χ0v) is 7.60. The lowest BCUT2D eigenvalue weighted by Gasteiger charge is -1.99. The Labute approximate surface area is 76.3 Å². The van der Waals surface area contributed by atoms with Crippen molar-refractivity contribution < 1.29 is 0 Å². The van der Waals surface area contributed by atoms with Crippen LogP contribution in [0.2, 0.25) is 0 Å². The number of imidazole rings is 1. The lowest BCUT2D eigenvalue weighted by molar-refractivity contribution is 0.904. The molecule has 0 atom stereocenters. The standard InChI is InChI=1S/C9H10N4/c1-7-5-11-8(12-6-7)9-10-3-4-13(9)2/h3-6H,1-2H3. The molecule has 2 aromatic rings. The van der Waals surface area contributed by atoms with Crippen molar-refractivity contribution in [3.05, 3.63) is 30.4 Å². The van der Waals surface area contributed by atoms with Crippen molar-refractivity contribution in [2.75, 3.05) is 0 Å². The van der Waals surface area contributed by atoms with Gasteiger partial charge >= 0.3 is 0 Å². The minimum atomic E-state index is 0.665. The van der Waals surface area contributed by atoms with Gasteiger partial charge in [0.25, 0.3) is 0 Å². The number of hydrogen-bond donors (Lipinski definition) is 0. The largest absolute Gasteiger partial charge is 0.331 e. The van der Waals surface area contributed by atoms with E-state index in [1.54, 1.807) is 18.6 Å². The molecule has 4 heteroatoms. The zero-order chi connectivity index (χ0) is 9.26. The molecule has 0 aliphatic rings. The summed E-state index contributed by atoms with van der Waals surface area (Å²) >= 11 is 0. The predicted octanol–water partition coefficient (Wildman–Crippen LogP) is 1.19. The summed E-state index contributed by atoms with van der Waals surface area (Å²) in [4.78, 5) is 12.5. The first-order chi connectivity index (χ1) is 6.27. The quantitative estimate of drug-likeness (QED) is 0.652. The Morgan fingerprint density at radius 2 is 1.85 bits per heavy atom. The number of nitrogens with zero attached hydrogens (tertiary/aromatic N) is 4. The van der Waals surface area contributed by atoms with E-state index < -0.39 is 0 Å². The smallest absolute Gasteiger partial charge is 0.195 e. The topological polar surface area (TPSA) is 43.6 Å². The Morgan fingerprint density at radius 1 is 1.15 bits per heavy atom. The highest BCUT2D eigenvalue weighted by Gasteiger charge is 2.04. The monoisotopic (exact) mass is 174 g/mol. The Morgan fingerprint density at radius 3 is 2.38 bits per heavy atom. The maximum atomic E-state index is 4.19. The summed E-state index contributed by atoms with van der Waals surface area (Å²) in [7, 11) is 1.92. The fourth-order valence-corrected chi connectivity index (χ4v) is 1.09. The highest BCUT2D eigenvalue weighted by molar-refractivity contribution is 5.42. The van der Waals surface area contributed by atoms with Crippen LogP contribution in [0.15, 0.2) is 24.8 Å². The SMILES string of the molecule is Cc1cnc(-c2nccn2C)nc1. The van der Waals surface area contributed by atoms with Crippen molar-refractivity contribution in [3.63, 3.8) is 0 Å². The van der Waals surface area contributed by atoms with Gasteiger partial charge in [-0.2, -0.15) is 0 Å². The third-order valence-electron chi connectivity index (χ3n) is 1.80. The molecule has 0 aliphatic heterocycles. The number of hydrogen-bond acceptors (Lipinski definition) is 3. The molecule has 0 saturated carbocycles. The summed E-state index contributed by atoms with van der Waals surface area (Å²) in [6.45, 7) is 1.96. The molecule has 0 aromatic carbocycles. The Kier molecular flexibility index (Phi) is 1.81. The molecular weight excluding hydrogens is 164 g/mol. The van der Waals surface area contributed by atoms with Crippen LogP contribution in [0.1, 0.15) is 5.56 Å². The third kappa shape index (κ3) is 1.42. The van der Waals surface area contributed by atoms with E-state index in [9.17, 15) is 0 Å². The van der Waals surface area contributed by atoms with Crippen LogP contribution in [-0.2, 0) is 7.05 Å². The summed E-state index contributed by atoms with van der Waals surface area (Å²) < 4.78 is 1.89. The van der Waals surface area contributed by atoms with Crippen LogP contribution in [0, 0.1) is 6.92 Å². The van der Waals surface area contributed by atoms with E-state index in [0.717, 1.165) is 11.4 Å². The number of aromatic nitrogens is 4. The molecule has 13 heavy (non-hydrogen) atoms. The molecule has 0 bridgehead atoms. The van der Waals surface area contributed by atoms with E-state index in [1.807, 2.05) is 24.7 Å². The highest BCUT2D eigenvalue weighted by Crippen LogP contribution is 2.09. The number of rotatable bonds is 1. The molecule has 0 saturated heterocycles. The predicted molar refractivity (Wildman–Crippen MR) is 49.0 cm³/mol. The fraction of sp³-hybridized carbons (Fsp3) is 0.222. The second-order valence-electron chi connectivity index (χ2n) is 2.95. The van der Waals surface area contributed by atoms with Crippen LogP contribution in [0.5, 0.6) is 0 Å². The average Bonchev–Trinajstić information content (AvgIpc) is 2.53. The molecule has 2 rings (SSSR count). The summed E-state index contributed by atoms with van der Waals surface area (Å²) in [5.41, 5.74) is 1.05. The normalized spacial score (nSPS) is 10.3. The van der Waals surface area contributed by atoms with Crippen molar-refractivity contribution in [1.29, 1.82) is 0 Å². The molecule has 0 unspecified atom stereocenters. The molecule has 0 fully saturated rings. The summed E-state index contributed by atoms with van der Waals surface area (Å²) in [5, 5.41) is 0. The van der Waals surface area contributed by atoms with E-state index in [2.05, 4.69) is 15.0 Å². The minimum absolute atomic E-state index is 0.665. The van der Waals surface area contributed by atoms with Gasteiger partial charge in [-0.1, -0.05) is 0 Å². The summed E-state index contributed by atoms with van der Waals surface area (Å²) in [6, 6.07) is 0. The first-order valence-electron chi connectivity index (χ1n) is 4.04. The van der Waals surface area contributed by atoms with Crippen LogP contribution < -0.4 is 0 Å². The first kappa shape index (κ1) is 7.91. The molecule has 0 aliphatic carbocycles. The van der Waals surface area contributed by atoms with E-state index in [1.165, 1.54) is 0 Å². The van der Waals surface area contributed by atoms with Gasteiger partial charge in [0.1, 0.15) is 0 Å². The molecule has 2 heterocycles. The molecular formula is C9H10N4. The molecule has 0 radical (unpaired) electrons. The minimum Gasteiger partial charge on any atom is -0.331 e. The van der Waals surface area contributed by atoms with Crippen molar-refractivity contribution in [2.24, 2.45) is 7.05 Å². The Bertz CT molecular complexity index is 402. The van der Waals surface area contributed by atoms with E-state index in [0.29, 0.717) is 5.82 Å². The van der Waals surface area contributed by atoms with Gasteiger partial charge < -0.3 is 4.57 Å². The van der Waals surface area contributed by atoms with Crippen molar-refractivity contribution in [1.82, 2.24) is 19.5 Å². The second-order valence-corrected chi connectivity index (χ2v) is 2.95.